The number of carbonyl (C=O) groups excluding carboxylic acids is 1. The van der Waals surface area contributed by atoms with Crippen molar-refractivity contribution in [3.05, 3.63) is 23.8 Å². The van der Waals surface area contributed by atoms with Crippen molar-refractivity contribution in [2.24, 2.45) is 0 Å². The summed E-state index contributed by atoms with van der Waals surface area (Å²) < 4.78 is 5.45. The Bertz CT molecular complexity index is 480. The normalized spacial score (nSPS) is 9.74. The third kappa shape index (κ3) is 3.62. The standard InChI is InChI=1S/C14H19N3O2/c1-3-17(10-6-9-15)14(18)13-11(16)7-5-8-12(13)19-4-2/h5,7-8H,3-4,6,10,16H2,1-2H3. The molecule has 5 nitrogen and oxygen atoms in total. The van der Waals surface area contributed by atoms with Crippen molar-refractivity contribution >= 4 is 11.6 Å². The number of hydrogen-bond acceptors (Lipinski definition) is 4. The quantitative estimate of drug-likeness (QED) is 0.795. The first-order valence-corrected chi connectivity index (χ1v) is 6.33. The Balaban J connectivity index is 3.06. The van der Waals surface area contributed by atoms with E-state index in [1.807, 2.05) is 19.9 Å². The second-order valence-corrected chi connectivity index (χ2v) is 3.95. The first kappa shape index (κ1) is 14.8. The van der Waals surface area contributed by atoms with E-state index >= 15 is 0 Å². The van der Waals surface area contributed by atoms with Crippen LogP contribution >= 0.6 is 0 Å². The highest BCUT2D eigenvalue weighted by Gasteiger charge is 2.20. The van der Waals surface area contributed by atoms with E-state index in [0.29, 0.717) is 43.1 Å². The number of nitrogen functional groups attached to an aromatic ring is 1. The number of anilines is 1. The van der Waals surface area contributed by atoms with Gasteiger partial charge in [-0.1, -0.05) is 6.07 Å². The maximum absolute atomic E-state index is 12.5. The first-order valence-electron chi connectivity index (χ1n) is 6.33. The van der Waals surface area contributed by atoms with Gasteiger partial charge in [0.25, 0.3) is 5.91 Å². The monoisotopic (exact) mass is 261 g/mol. The molecular formula is C14H19N3O2. The average molecular weight is 261 g/mol. The predicted octanol–water partition coefficient (Wildman–Crippen LogP) is 2.04. The van der Waals surface area contributed by atoms with Gasteiger partial charge >= 0.3 is 0 Å². The van der Waals surface area contributed by atoms with Crippen LogP contribution in [0.3, 0.4) is 0 Å². The number of nitriles is 1. The summed E-state index contributed by atoms with van der Waals surface area (Å²) in [6.45, 7) is 5.11. The Kier molecular flexibility index (Phi) is 5.68. The molecule has 1 aromatic rings. The van der Waals surface area contributed by atoms with Gasteiger partial charge in [-0.2, -0.15) is 5.26 Å². The first-order chi connectivity index (χ1) is 9.15. The highest BCUT2D eigenvalue weighted by Crippen LogP contribution is 2.26. The molecule has 0 aliphatic heterocycles. The Morgan fingerprint density at radius 3 is 2.79 bits per heavy atom. The van der Waals surface area contributed by atoms with Gasteiger partial charge in [-0.05, 0) is 26.0 Å². The van der Waals surface area contributed by atoms with Crippen LogP contribution in [0.1, 0.15) is 30.6 Å². The van der Waals surface area contributed by atoms with Crippen LogP contribution in [0.2, 0.25) is 0 Å². The van der Waals surface area contributed by atoms with Crippen LogP contribution in [0.15, 0.2) is 18.2 Å². The predicted molar refractivity (Wildman–Crippen MR) is 73.8 cm³/mol. The van der Waals surface area contributed by atoms with E-state index in [2.05, 4.69) is 0 Å². The minimum Gasteiger partial charge on any atom is -0.493 e. The molecule has 1 aromatic carbocycles. The van der Waals surface area contributed by atoms with Crippen LogP contribution in [0.25, 0.3) is 0 Å². The molecule has 1 amide bonds. The molecule has 0 unspecified atom stereocenters. The molecule has 5 heteroatoms. The second-order valence-electron chi connectivity index (χ2n) is 3.95. The molecular weight excluding hydrogens is 242 g/mol. The van der Waals surface area contributed by atoms with Gasteiger partial charge in [0.2, 0.25) is 0 Å². The van der Waals surface area contributed by atoms with Gasteiger partial charge in [0, 0.05) is 18.8 Å². The number of hydrogen-bond donors (Lipinski definition) is 1. The summed E-state index contributed by atoms with van der Waals surface area (Å²) in [6.07, 6.45) is 0.302. The topological polar surface area (TPSA) is 79.3 Å². The molecule has 0 radical (unpaired) electrons. The molecule has 2 N–H and O–H groups in total. The Morgan fingerprint density at radius 2 is 2.21 bits per heavy atom. The molecule has 102 valence electrons. The highest BCUT2D eigenvalue weighted by molar-refractivity contribution is 6.01. The summed E-state index contributed by atoms with van der Waals surface area (Å²) >= 11 is 0. The number of amides is 1. The number of benzene rings is 1. The molecule has 0 fully saturated rings. The number of nitrogens with zero attached hydrogens (tertiary/aromatic N) is 2. The Labute approximate surface area is 113 Å². The summed E-state index contributed by atoms with van der Waals surface area (Å²) in [5, 5.41) is 8.62. The van der Waals surface area contributed by atoms with E-state index < -0.39 is 0 Å². The van der Waals surface area contributed by atoms with Crippen LogP contribution in [0.5, 0.6) is 5.75 Å². The van der Waals surface area contributed by atoms with Crippen molar-refractivity contribution < 1.29 is 9.53 Å². The van der Waals surface area contributed by atoms with E-state index in [-0.39, 0.29) is 5.91 Å². The molecule has 0 spiro atoms. The largest absolute Gasteiger partial charge is 0.493 e. The van der Waals surface area contributed by atoms with Crippen LogP contribution < -0.4 is 10.5 Å². The number of ether oxygens (including phenoxy) is 1. The van der Waals surface area contributed by atoms with E-state index in [9.17, 15) is 4.79 Å². The fourth-order valence-electron chi connectivity index (χ4n) is 1.80. The van der Waals surface area contributed by atoms with Gasteiger partial charge in [0.05, 0.1) is 19.1 Å². The fourth-order valence-corrected chi connectivity index (χ4v) is 1.80. The van der Waals surface area contributed by atoms with Crippen LogP contribution in [-0.4, -0.2) is 30.5 Å². The third-order valence-electron chi connectivity index (χ3n) is 2.73. The molecule has 0 saturated carbocycles. The zero-order valence-electron chi connectivity index (χ0n) is 11.3. The third-order valence-corrected chi connectivity index (χ3v) is 2.73. The maximum Gasteiger partial charge on any atom is 0.259 e. The second kappa shape index (κ2) is 7.27. The van der Waals surface area contributed by atoms with Gasteiger partial charge in [0.15, 0.2) is 0 Å². The van der Waals surface area contributed by atoms with Crippen molar-refractivity contribution in [2.75, 3.05) is 25.4 Å². The van der Waals surface area contributed by atoms with E-state index in [0.717, 1.165) is 0 Å². The lowest BCUT2D eigenvalue weighted by molar-refractivity contribution is 0.0765. The van der Waals surface area contributed by atoms with Crippen molar-refractivity contribution in [2.45, 2.75) is 20.3 Å². The average Bonchev–Trinajstić information content (AvgIpc) is 2.40. The minimum atomic E-state index is -0.195. The van der Waals surface area contributed by atoms with Gasteiger partial charge in [-0.25, -0.2) is 0 Å². The van der Waals surface area contributed by atoms with Crippen molar-refractivity contribution in [3.63, 3.8) is 0 Å². The summed E-state index contributed by atoms with van der Waals surface area (Å²) in [4.78, 5) is 14.0. The lowest BCUT2D eigenvalue weighted by Gasteiger charge is -2.22. The lowest BCUT2D eigenvalue weighted by Crippen LogP contribution is -2.32. The van der Waals surface area contributed by atoms with Crippen LogP contribution in [0, 0.1) is 11.3 Å². The molecule has 0 saturated heterocycles. The SMILES string of the molecule is CCOc1cccc(N)c1C(=O)N(CC)CCC#N. The summed E-state index contributed by atoms with van der Waals surface area (Å²) in [7, 11) is 0. The van der Waals surface area contributed by atoms with E-state index in [1.54, 1.807) is 23.1 Å². The Hall–Kier alpha value is -2.22. The van der Waals surface area contributed by atoms with Crippen molar-refractivity contribution in [1.29, 1.82) is 5.26 Å². The molecule has 19 heavy (non-hydrogen) atoms. The van der Waals surface area contributed by atoms with Gasteiger partial charge < -0.3 is 15.4 Å². The number of nitrogens with two attached hydrogens (primary N) is 1. The molecule has 0 aromatic heterocycles. The maximum atomic E-state index is 12.5. The summed E-state index contributed by atoms with van der Waals surface area (Å²) in [5.41, 5.74) is 6.65. The molecule has 0 atom stereocenters. The number of carbonyl (C=O) groups is 1. The van der Waals surface area contributed by atoms with Crippen LogP contribution in [0.4, 0.5) is 5.69 Å². The van der Waals surface area contributed by atoms with Gasteiger partial charge in [-0.15, -0.1) is 0 Å². The fraction of sp³-hybridized carbons (Fsp3) is 0.429. The van der Waals surface area contributed by atoms with Crippen molar-refractivity contribution in [3.8, 4) is 11.8 Å². The number of rotatable bonds is 6. The molecule has 0 bridgehead atoms. The van der Waals surface area contributed by atoms with Crippen LogP contribution in [-0.2, 0) is 0 Å². The zero-order chi connectivity index (χ0) is 14.3. The molecule has 0 heterocycles. The Morgan fingerprint density at radius 1 is 1.47 bits per heavy atom. The zero-order valence-corrected chi connectivity index (χ0v) is 11.3. The molecule has 1 rings (SSSR count). The minimum absolute atomic E-state index is 0.195. The summed E-state index contributed by atoms with van der Waals surface area (Å²) in [5.74, 6) is 0.294. The molecule has 0 aliphatic carbocycles. The summed E-state index contributed by atoms with van der Waals surface area (Å²) in [6, 6.07) is 7.19. The van der Waals surface area contributed by atoms with Gasteiger partial charge in [-0.3, -0.25) is 4.79 Å². The smallest absolute Gasteiger partial charge is 0.259 e. The molecule has 0 aliphatic rings. The highest BCUT2D eigenvalue weighted by atomic mass is 16.5. The van der Waals surface area contributed by atoms with Gasteiger partial charge in [0.1, 0.15) is 11.3 Å². The lowest BCUT2D eigenvalue weighted by atomic mass is 10.1. The van der Waals surface area contributed by atoms with E-state index in [1.165, 1.54) is 0 Å². The van der Waals surface area contributed by atoms with E-state index in [4.69, 9.17) is 15.7 Å². The van der Waals surface area contributed by atoms with Crippen molar-refractivity contribution in [1.82, 2.24) is 4.90 Å².